The number of halogens is 6. The Hall–Kier alpha value is -12.8. The van der Waals surface area contributed by atoms with Crippen LogP contribution in [-0.2, 0) is 0 Å². The fourth-order valence-electron chi connectivity index (χ4n) is 12.1. The van der Waals surface area contributed by atoms with E-state index in [1.807, 2.05) is 157 Å². The van der Waals surface area contributed by atoms with Gasteiger partial charge in [-0.3, -0.25) is 19.2 Å². The molecule has 8 N–H and O–H groups in total. The Morgan fingerprint density at radius 1 is 0.374 bits per heavy atom. The van der Waals surface area contributed by atoms with Gasteiger partial charge < -0.3 is 37.2 Å². The summed E-state index contributed by atoms with van der Waals surface area (Å²) in [6, 6.07) is 74.6. The first-order valence-electron chi connectivity index (χ1n) is 35.3. The molecule has 4 unspecified atom stereocenters. The molecule has 0 aliphatic rings. The van der Waals surface area contributed by atoms with Crippen molar-refractivity contribution in [1.29, 1.82) is 21.0 Å². The summed E-state index contributed by atoms with van der Waals surface area (Å²) in [6.07, 6.45) is 0. The Balaban J connectivity index is 0.000000191. The maximum Gasteiger partial charge on any atom is 0.259 e. The number of carbonyl (C=O) groups is 4. The van der Waals surface area contributed by atoms with Crippen LogP contribution in [0.15, 0.2) is 235 Å². The van der Waals surface area contributed by atoms with Gasteiger partial charge in [-0.2, -0.15) is 21.0 Å². The van der Waals surface area contributed by atoms with E-state index in [0.717, 1.165) is 85.5 Å². The van der Waals surface area contributed by atoms with E-state index in [9.17, 15) is 59.2 Å². The van der Waals surface area contributed by atoms with Crippen LogP contribution in [0, 0.1) is 112 Å². The Labute approximate surface area is 693 Å². The molecule has 0 bridgehead atoms. The second-order valence-corrected chi connectivity index (χ2v) is 29.0. The maximum absolute atomic E-state index is 13.5. The van der Waals surface area contributed by atoms with Crippen LogP contribution in [-0.4, -0.2) is 33.8 Å². The van der Waals surface area contributed by atoms with Crippen LogP contribution in [0.25, 0.3) is 0 Å². The average molecular weight is 1630 g/mol. The highest BCUT2D eigenvalue weighted by molar-refractivity contribution is 7.80. The molecule has 22 heteroatoms. The first-order valence-corrected chi connectivity index (χ1v) is 37.3. The van der Waals surface area contributed by atoms with Crippen molar-refractivity contribution in [3.8, 4) is 35.8 Å². The van der Waals surface area contributed by atoms with Gasteiger partial charge in [0.25, 0.3) is 23.6 Å². The fourth-order valence-corrected chi connectivity index (χ4v) is 13.4. The number of hydrogen-bond acceptors (Lipinski definition) is 12. The zero-order valence-corrected chi connectivity index (χ0v) is 66.8. The van der Waals surface area contributed by atoms with Crippen LogP contribution in [0.3, 0.4) is 0 Å². The number of rotatable bonds is 16. The third kappa shape index (κ3) is 22.1. The average Bonchev–Trinajstić information content (AvgIpc) is 0.818. The monoisotopic (exact) mass is 1630 g/mol. The number of carbonyl (C=O) groups excluding carboxylic acids is 4. The van der Waals surface area contributed by atoms with E-state index in [-0.39, 0.29) is 36.1 Å². The number of nitriles is 4. The number of hydrogen-bond donors (Lipinski definition) is 8. The molecule has 4 atom stereocenters. The first-order chi connectivity index (χ1) is 54.4. The normalized spacial score (nSPS) is 11.4. The summed E-state index contributed by atoms with van der Waals surface area (Å²) in [7, 11) is 0. The number of thiol groups is 1. The van der Waals surface area contributed by atoms with Gasteiger partial charge in [0.2, 0.25) is 0 Å². The molecular weight excluding hydrogens is 1550 g/mol. The molecule has 0 saturated carbocycles. The molecule has 0 radical (unpaired) electrons. The molecule has 580 valence electrons. The van der Waals surface area contributed by atoms with E-state index in [0.29, 0.717) is 92.4 Å². The van der Waals surface area contributed by atoms with Crippen LogP contribution in [0.2, 0.25) is 20.1 Å². The molecule has 0 fully saturated rings. The highest BCUT2D eigenvalue weighted by Crippen LogP contribution is 2.40. The van der Waals surface area contributed by atoms with E-state index >= 15 is 0 Å². The lowest BCUT2D eigenvalue weighted by Gasteiger charge is -2.16. The molecule has 0 aliphatic carbocycles. The molecular formula is C93H79Cl4F2N9O6S. The van der Waals surface area contributed by atoms with Crippen molar-refractivity contribution < 1.29 is 38.2 Å². The zero-order chi connectivity index (χ0) is 82.8. The molecule has 0 aromatic heterocycles. The number of para-hydroxylation sites is 2. The summed E-state index contributed by atoms with van der Waals surface area (Å²) in [5.74, 6) is -6.51. The minimum atomic E-state index is -0.877. The number of nitrogens with two attached hydrogens (primary N) is 1. The summed E-state index contributed by atoms with van der Waals surface area (Å²) < 4.78 is 26.9. The largest absolute Gasteiger partial charge is 0.507 e. The molecule has 0 saturated heterocycles. The second-order valence-electron chi connectivity index (χ2n) is 26.9. The Morgan fingerprint density at radius 3 is 0.983 bits per heavy atom. The van der Waals surface area contributed by atoms with Crippen molar-refractivity contribution in [2.45, 2.75) is 91.4 Å². The number of phenols is 2. The molecule has 115 heavy (non-hydrogen) atoms. The third-order valence-corrected chi connectivity index (χ3v) is 20.3. The zero-order valence-electron chi connectivity index (χ0n) is 62.9. The van der Waals surface area contributed by atoms with Crippen LogP contribution in [0.5, 0.6) is 11.5 Å². The summed E-state index contributed by atoms with van der Waals surface area (Å²) in [4.78, 5) is 50.6. The first kappa shape index (κ1) is 87.8. The van der Waals surface area contributed by atoms with Gasteiger partial charge in [0.15, 0.2) is 11.6 Å². The van der Waals surface area contributed by atoms with Gasteiger partial charge in [0, 0.05) is 53.4 Å². The van der Waals surface area contributed by atoms with Crippen LogP contribution in [0.4, 0.5) is 37.2 Å². The molecule has 0 aliphatic heterocycles. The molecule has 12 rings (SSSR count). The van der Waals surface area contributed by atoms with E-state index in [1.165, 1.54) is 12.1 Å². The van der Waals surface area contributed by atoms with E-state index in [2.05, 4.69) is 58.2 Å². The summed E-state index contributed by atoms with van der Waals surface area (Å²) in [5, 5.41) is 70.9. The van der Waals surface area contributed by atoms with E-state index < -0.39 is 52.9 Å². The van der Waals surface area contributed by atoms with Gasteiger partial charge >= 0.3 is 0 Å². The van der Waals surface area contributed by atoms with Crippen LogP contribution in [0.1, 0.15) is 162 Å². The predicted molar refractivity (Wildman–Crippen MR) is 459 cm³/mol. The topological polar surface area (TPSA) is 278 Å². The van der Waals surface area contributed by atoms with Crippen molar-refractivity contribution in [2.75, 3.05) is 27.0 Å². The molecule has 12 aromatic carbocycles. The number of nitrogen functional groups attached to an aromatic ring is 1. The predicted octanol–water partition coefficient (Wildman–Crippen LogP) is 23.7. The number of aromatic hydroxyl groups is 2. The summed E-state index contributed by atoms with van der Waals surface area (Å²) in [6.45, 7) is 15.2. The summed E-state index contributed by atoms with van der Waals surface area (Å²) >= 11 is 30.2. The van der Waals surface area contributed by atoms with Gasteiger partial charge in [-0.1, -0.05) is 228 Å². The highest BCUT2D eigenvalue weighted by atomic mass is 35.5. The maximum atomic E-state index is 13.5. The van der Waals surface area contributed by atoms with Gasteiger partial charge in [0.1, 0.15) is 11.6 Å². The Kier molecular flexibility index (Phi) is 30.6. The number of aryl methyl sites for hydroxylation is 8. The standard InChI is InChI=1S/2C23H18ClFN2O2.C23H20ClN3O.C23H19ClN2OS.CH4/c1-13-3-5-15(6-4-13)19(12-26)17-9-14(2)21(11-20(17)24)27-23(29)18-10-16(25)7-8-22(18)28;1-13-6-8-15(9-7-13)18(12-26)17-10-14(2)21(11-19(17)24)27-23(29)16-4-3-5-20(25)22(16)28;1-14-7-9-16(10-8-14)19(13-25)18-11-15(2)22(12-20(18)24)27-23(28)17-5-3-4-6-21(17)26;1-14-7-9-16(10-8-14)19(13-25)18-11-15(2)21(12-20(18)24)26-23(27)17-5-3-4-6-22(17)28;/h3-11,19,28H,1-2H3,(H,27,29);3-11,18,28H,1-2H3,(H,27,29);3-12,19H,26H2,1-2H3,(H,27,28);3-12,19,28H,1-2H3,(H,26,27);1H4. The number of nitrogens with zero attached hydrogens (tertiary/aromatic N) is 4. The molecule has 4 amide bonds. The Bertz CT molecular complexity index is 5500. The minimum absolute atomic E-state index is 0. The third-order valence-electron chi connectivity index (χ3n) is 18.6. The van der Waals surface area contributed by atoms with Crippen molar-refractivity contribution in [1.82, 2.24) is 0 Å². The van der Waals surface area contributed by atoms with Gasteiger partial charge in [0.05, 0.1) is 70.2 Å². The van der Waals surface area contributed by atoms with Crippen molar-refractivity contribution >= 4 is 111 Å². The van der Waals surface area contributed by atoms with E-state index in [4.69, 9.17) is 52.1 Å². The van der Waals surface area contributed by atoms with Crippen LogP contribution >= 0.6 is 59.0 Å². The molecule has 0 heterocycles. The molecule has 12 aromatic rings. The molecule has 0 spiro atoms. The van der Waals surface area contributed by atoms with Crippen LogP contribution < -0.4 is 27.0 Å². The van der Waals surface area contributed by atoms with Gasteiger partial charge in [-0.05, 0) is 201 Å². The lowest BCUT2D eigenvalue weighted by molar-refractivity contribution is 0.101. The highest BCUT2D eigenvalue weighted by Gasteiger charge is 2.26. The number of amides is 4. The quantitative estimate of drug-likeness (QED) is 0.0333. The fraction of sp³-hybridized carbons (Fsp3) is 0.140. The lowest BCUT2D eigenvalue weighted by Crippen LogP contribution is -2.15. The summed E-state index contributed by atoms with van der Waals surface area (Å²) in [5.41, 5.74) is 22.4. The number of benzene rings is 12. The number of phenolic OH excluding ortho intramolecular Hbond substituents is 2. The van der Waals surface area contributed by atoms with Gasteiger partial charge in [-0.15, -0.1) is 12.6 Å². The van der Waals surface area contributed by atoms with Crippen molar-refractivity contribution in [3.63, 3.8) is 0 Å². The SMILES string of the molecule is C.Cc1ccc(C(C#N)c2cc(C)c(NC(=O)c3cc(F)ccc3O)cc2Cl)cc1.Cc1ccc(C(C#N)c2cc(C)c(NC(=O)c3cccc(F)c3O)cc2Cl)cc1.Cc1ccc(C(C#N)c2cc(C)c(NC(=O)c3ccccc3N)cc2Cl)cc1.Cc1ccc(C(C#N)c2cc(C)c(NC(=O)c3ccccc3S)cc2Cl)cc1. The smallest absolute Gasteiger partial charge is 0.259 e. The van der Waals surface area contributed by atoms with Crippen molar-refractivity contribution in [2.24, 2.45) is 0 Å². The van der Waals surface area contributed by atoms with E-state index in [1.54, 1.807) is 92.7 Å². The number of nitrogens with one attached hydrogen (secondary N) is 4. The minimum Gasteiger partial charge on any atom is -0.507 e. The van der Waals surface area contributed by atoms with Crippen molar-refractivity contribution in [3.05, 3.63) is 374 Å². The second kappa shape index (κ2) is 40.1. The Morgan fingerprint density at radius 2 is 0.661 bits per heavy atom. The van der Waals surface area contributed by atoms with Gasteiger partial charge in [-0.25, -0.2) is 8.78 Å². The lowest BCUT2D eigenvalue weighted by atomic mass is 9.90. The number of anilines is 5. The molecule has 15 nitrogen and oxygen atoms in total.